The molecule has 0 saturated heterocycles. The molecule has 0 aliphatic heterocycles. The first kappa shape index (κ1) is 75.3. The highest BCUT2D eigenvalue weighted by Gasteiger charge is 2.25. The molecule has 0 unspecified atom stereocenters. The molecule has 6 heterocycles. The van der Waals surface area contributed by atoms with Crippen LogP contribution < -0.4 is 39.5 Å². The summed E-state index contributed by atoms with van der Waals surface area (Å²) in [7, 11) is -6.91. The second-order valence-electron chi connectivity index (χ2n) is 22.1. The number of esters is 1. The molecule has 0 bridgehead atoms. The predicted molar refractivity (Wildman–Crippen MR) is 383 cm³/mol. The van der Waals surface area contributed by atoms with Crippen LogP contribution in [0.2, 0.25) is 0 Å². The number of sulfone groups is 3. The van der Waals surface area contributed by atoms with Gasteiger partial charge < -0.3 is 41.8 Å². The van der Waals surface area contributed by atoms with Gasteiger partial charge in [0.25, 0.3) is 17.7 Å². The minimum absolute atomic E-state index is 0.0203. The fourth-order valence-electron chi connectivity index (χ4n) is 8.63. The van der Waals surface area contributed by atoms with E-state index in [1.165, 1.54) is 44.0 Å². The van der Waals surface area contributed by atoms with Gasteiger partial charge in [-0.3, -0.25) is 10.2 Å². The minimum Gasteiger partial charge on any atom is -0.464 e. The second-order valence-corrected chi connectivity index (χ2v) is 31.0. The fraction of sp³-hybridized carbons (Fsp3) is 0.200. The van der Waals surface area contributed by atoms with Crippen molar-refractivity contribution in [3.63, 3.8) is 0 Å². The fourth-order valence-corrected chi connectivity index (χ4v) is 12.5. The number of benzene rings is 5. The van der Waals surface area contributed by atoms with Crippen LogP contribution in [0.4, 0.5) is 23.3 Å². The molecule has 520 valence electrons. The number of alkyl halides is 1. The number of amides is 1. The zero-order valence-electron chi connectivity index (χ0n) is 54.7. The van der Waals surface area contributed by atoms with Crippen molar-refractivity contribution >= 4 is 96.5 Å². The van der Waals surface area contributed by atoms with Crippen molar-refractivity contribution in [2.45, 2.75) is 83.9 Å². The number of nitrogen functional groups attached to an aromatic ring is 5. The number of nitrogens with two attached hydrogens (primary N) is 5. The first-order valence-electron chi connectivity index (χ1n) is 29.9. The molecule has 0 aliphatic rings. The molecule has 0 fully saturated rings. The highest BCUT2D eigenvalue weighted by molar-refractivity contribution is 9.10. The summed E-state index contributed by atoms with van der Waals surface area (Å²) in [6.07, 6.45) is 5.83. The molecule has 35 heteroatoms. The summed E-state index contributed by atoms with van der Waals surface area (Å²) in [6, 6.07) is 34.6. The molecule has 12 N–H and O–H groups in total. The molecule has 0 atom stereocenters. The average molecular weight is 1550 g/mol. The summed E-state index contributed by atoms with van der Waals surface area (Å²) in [5.74, 6) is 5.11. The van der Waals surface area contributed by atoms with Crippen LogP contribution in [0.15, 0.2) is 174 Å². The smallest absolute Gasteiger partial charge is 0.360 e. The quantitative estimate of drug-likeness (QED) is 0.0138. The van der Waals surface area contributed by atoms with Crippen LogP contribution in [-0.4, -0.2) is 127 Å². The summed E-state index contributed by atoms with van der Waals surface area (Å²) >= 11 is 6.47. The van der Waals surface area contributed by atoms with E-state index in [1.54, 1.807) is 102 Å². The van der Waals surface area contributed by atoms with E-state index in [1.807, 2.05) is 61.0 Å². The normalized spacial score (nSPS) is 11.4. The molecule has 1 amide bonds. The molecule has 0 saturated carbocycles. The van der Waals surface area contributed by atoms with Gasteiger partial charge in [0.2, 0.25) is 11.8 Å². The first-order chi connectivity index (χ1) is 47.5. The van der Waals surface area contributed by atoms with E-state index < -0.39 is 57.1 Å². The van der Waals surface area contributed by atoms with Gasteiger partial charge in [-0.1, -0.05) is 76.6 Å². The van der Waals surface area contributed by atoms with Crippen molar-refractivity contribution < 1.29 is 48.4 Å². The van der Waals surface area contributed by atoms with Crippen molar-refractivity contribution in [3.8, 4) is 79.8 Å². The van der Waals surface area contributed by atoms with Crippen LogP contribution in [0, 0.1) is 0 Å². The number of nitrogens with one attached hydrogen (secondary N) is 2. The Morgan fingerprint density at radius 3 is 1.17 bits per heavy atom. The Bertz CT molecular complexity index is 5060. The second kappa shape index (κ2) is 33.0. The maximum absolute atomic E-state index is 12.4. The number of hydrogen-bond acceptors (Lipinski definition) is 29. The number of halogens is 2. The van der Waals surface area contributed by atoms with Crippen LogP contribution in [0.5, 0.6) is 0 Å². The summed E-state index contributed by atoms with van der Waals surface area (Å²) in [6.45, 7) is 10.6. The molecule has 5 aromatic carbocycles. The topological polar surface area (TPSA) is 481 Å². The molecule has 0 spiro atoms. The van der Waals surface area contributed by atoms with Crippen LogP contribution in [0.3, 0.4) is 0 Å². The van der Waals surface area contributed by atoms with Gasteiger partial charge in [-0.05, 0) is 136 Å². The molecule has 11 aromatic rings. The minimum atomic E-state index is -3.36. The van der Waals surface area contributed by atoms with Gasteiger partial charge in [-0.15, -0.1) is 20.4 Å². The van der Waals surface area contributed by atoms with Gasteiger partial charge in [0.1, 0.15) is 4.60 Å². The summed E-state index contributed by atoms with van der Waals surface area (Å²) < 4.78 is 90.1. The zero-order valence-corrected chi connectivity index (χ0v) is 60.3. The van der Waals surface area contributed by atoms with Gasteiger partial charge in [0.15, 0.2) is 75.6 Å². The van der Waals surface area contributed by atoms with E-state index in [9.17, 15) is 34.8 Å². The van der Waals surface area contributed by atoms with E-state index in [2.05, 4.69) is 102 Å². The van der Waals surface area contributed by atoms with Crippen molar-refractivity contribution in [2.75, 3.05) is 37.1 Å². The van der Waals surface area contributed by atoms with Crippen molar-refractivity contribution in [2.24, 2.45) is 5.84 Å². The number of methoxy groups -OCH3 is 1. The Hall–Kier alpha value is -10.4. The van der Waals surface area contributed by atoms with E-state index in [0.29, 0.717) is 50.2 Å². The highest BCUT2D eigenvalue weighted by Crippen LogP contribution is 2.32. The molecule has 100 heavy (non-hydrogen) atoms. The van der Waals surface area contributed by atoms with Gasteiger partial charge in [-0.2, -0.15) is 0 Å². The average Bonchev–Trinajstić information content (AvgIpc) is 1.43. The number of carbonyl (C=O) groups is 2. The Morgan fingerprint density at radius 2 is 0.810 bits per heavy atom. The van der Waals surface area contributed by atoms with Crippen LogP contribution in [0.25, 0.3) is 79.8 Å². The zero-order chi connectivity index (χ0) is 72.8. The van der Waals surface area contributed by atoms with Crippen LogP contribution in [0.1, 0.15) is 73.6 Å². The monoisotopic (exact) mass is 1540 g/mol. The van der Waals surface area contributed by atoms with Gasteiger partial charge in [0.05, 0.1) is 79.4 Å². The van der Waals surface area contributed by atoms with Crippen LogP contribution in [-0.2, 0) is 46.1 Å². The lowest BCUT2D eigenvalue weighted by molar-refractivity contribution is 0.0594. The third-order valence-electron chi connectivity index (χ3n) is 14.4. The van der Waals surface area contributed by atoms with E-state index in [0.717, 1.165) is 34.1 Å². The SMILES string of the molecule is CC(C)S(=O)(=O)c1ccc(-c2cnc(N)c(-c3nnc(-c4ccc(CBr)cc4)o3)n2)cc1.CC(C)S(=O)(=O)c1ccc(-c2cnc(N)c(C(=O)NN)n2)cc1.CNCc1ccc(-c2nnc(-c3nc(-c4ccc(S(=O)(=O)C(C)C)cc4)cnc3N)o2)cc1.COC(=O)c1nc(Br)cnc1N. The summed E-state index contributed by atoms with van der Waals surface area (Å²) in [5, 5.41) is 18.7. The maximum atomic E-state index is 12.4. The number of rotatable bonds is 18. The van der Waals surface area contributed by atoms with E-state index in [-0.39, 0.29) is 72.5 Å². The number of aromatic nitrogens is 12. The van der Waals surface area contributed by atoms with Crippen molar-refractivity contribution in [1.29, 1.82) is 0 Å². The molecule has 6 aromatic heterocycles. The van der Waals surface area contributed by atoms with E-state index in [4.69, 9.17) is 37.6 Å². The Labute approximate surface area is 591 Å². The van der Waals surface area contributed by atoms with Crippen molar-refractivity contribution in [1.82, 2.24) is 71.0 Å². The first-order valence-corrected chi connectivity index (χ1v) is 36.4. The number of hydrogen-bond donors (Lipinski definition) is 7. The maximum Gasteiger partial charge on any atom is 0.360 e. The molecular weight excluding hydrogens is 1480 g/mol. The number of anilines is 4. The standard InChI is InChI=1S/C23H24N6O3S.C22H20BrN5O3S.C14H17N5O3S.C6H6BrN3O2/c1-14(2)33(30,31)18-10-8-16(9-11-18)19-13-26-21(24)20(27-19)23-29-28-22(32-23)17-6-4-15(5-7-17)12-25-3;1-13(2)32(29,30)17-9-7-15(8-10-17)18-12-25-20(24)19(26-18)22-28-27-21(31-22)16-5-3-14(11-23)4-6-16;1-8(2)23(21,22)10-5-3-9(4-6-10)11-7-17-13(15)12(18-11)14(20)19-16;1-12-6(11)4-5(8)9-2-3(7)10-4/h4-11,13-14,25H,12H2,1-3H3,(H2,24,26);3-10,12-13H,11H2,1-2H3,(H2,24,25);3-8H,16H2,1-2H3,(H2,15,17)(H,19,20);2H,1H3,(H2,8,9). The number of carbonyl (C=O) groups excluding carboxylic acids is 2. The Balaban J connectivity index is 0.000000178. The lowest BCUT2D eigenvalue weighted by Crippen LogP contribution is -2.31. The molecule has 0 aliphatic carbocycles. The van der Waals surface area contributed by atoms with E-state index >= 15 is 0 Å². The third-order valence-corrected chi connectivity index (χ3v) is 21.9. The predicted octanol–water partition coefficient (Wildman–Crippen LogP) is 8.98. The highest BCUT2D eigenvalue weighted by atomic mass is 79.9. The molecule has 30 nitrogen and oxygen atoms in total. The molecular formula is C65H67Br2N19O11S3. The lowest BCUT2D eigenvalue weighted by atomic mass is 10.1. The van der Waals surface area contributed by atoms with Crippen molar-refractivity contribution in [3.05, 3.63) is 173 Å². The van der Waals surface area contributed by atoms with Gasteiger partial charge >= 0.3 is 5.97 Å². The molecule has 11 rings (SSSR count). The summed E-state index contributed by atoms with van der Waals surface area (Å²) in [4.78, 5) is 56.3. The summed E-state index contributed by atoms with van der Waals surface area (Å²) in [5.41, 5.74) is 32.6. The molecule has 0 radical (unpaired) electrons. The Morgan fingerprint density at radius 1 is 0.470 bits per heavy atom. The Kier molecular flexibility index (Phi) is 24.8. The third kappa shape index (κ3) is 18.1. The number of ether oxygens (including phenoxy) is 1. The lowest BCUT2D eigenvalue weighted by Gasteiger charge is -2.09. The van der Waals surface area contributed by atoms with Gasteiger partial charge in [-0.25, -0.2) is 75.8 Å². The number of nitrogens with zero attached hydrogens (tertiary/aromatic N) is 12. The number of hydrazine groups is 1. The largest absolute Gasteiger partial charge is 0.464 e. The van der Waals surface area contributed by atoms with Gasteiger partial charge in [0, 0.05) is 39.7 Å². The van der Waals surface area contributed by atoms with Crippen LogP contribution >= 0.6 is 31.9 Å².